The Hall–Kier alpha value is -7.85. The van der Waals surface area contributed by atoms with Crippen LogP contribution in [0.4, 0.5) is 4.79 Å². The van der Waals surface area contributed by atoms with E-state index in [0.29, 0.717) is 16.9 Å². The number of aliphatic hydroxyl groups is 1. The van der Waals surface area contributed by atoms with Gasteiger partial charge in [-0.05, 0) is 66.8 Å². The Morgan fingerprint density at radius 1 is 0.899 bits per heavy atom. The molecule has 1 fully saturated rings. The summed E-state index contributed by atoms with van der Waals surface area (Å²) in [5.74, 6) is -4.11. The van der Waals surface area contributed by atoms with Gasteiger partial charge < -0.3 is 56.5 Å². The van der Waals surface area contributed by atoms with E-state index in [2.05, 4.69) is 36.6 Å². The maximum Gasteiger partial charge on any atom is 0.331 e. The fourth-order valence-corrected chi connectivity index (χ4v) is 8.13. The van der Waals surface area contributed by atoms with Gasteiger partial charge in [0.05, 0.1) is 6.04 Å². The number of urea groups is 1. The van der Waals surface area contributed by atoms with Crippen molar-refractivity contribution in [2.24, 2.45) is 0 Å². The highest BCUT2D eigenvalue weighted by atomic mass is 32.2. The first-order valence-electron chi connectivity index (χ1n) is 21.7. The van der Waals surface area contributed by atoms with Gasteiger partial charge in [-0.25, -0.2) is 14.4 Å². The number of aliphatic hydroxyl groups excluding tert-OH is 1. The lowest BCUT2D eigenvalue weighted by molar-refractivity contribution is -0.139. The number of hydrogen-bond acceptors (Lipinski definition) is 12. The smallest absolute Gasteiger partial charge is 0.331 e. The fourth-order valence-electron chi connectivity index (χ4n) is 7.66. The minimum atomic E-state index is -1.60. The van der Waals surface area contributed by atoms with E-state index >= 15 is 0 Å². The summed E-state index contributed by atoms with van der Waals surface area (Å²) in [6.45, 7) is 1.47. The number of phenols is 1. The molecule has 3 heterocycles. The molecule has 0 spiro atoms. The van der Waals surface area contributed by atoms with Crippen molar-refractivity contribution < 1.29 is 48.8 Å². The molecule has 364 valence electrons. The number of benzene rings is 3. The van der Waals surface area contributed by atoms with Crippen LogP contribution in [0.2, 0.25) is 0 Å². The highest BCUT2D eigenvalue weighted by molar-refractivity contribution is 7.98. The van der Waals surface area contributed by atoms with Gasteiger partial charge in [0.1, 0.15) is 41.8 Å². The number of amides is 6. The van der Waals surface area contributed by atoms with Crippen LogP contribution in [-0.2, 0) is 36.8 Å². The summed E-state index contributed by atoms with van der Waals surface area (Å²) in [4.78, 5) is 113. The molecule has 5 aromatic rings. The highest BCUT2D eigenvalue weighted by Crippen LogP contribution is 2.30. The van der Waals surface area contributed by atoms with Gasteiger partial charge in [0, 0.05) is 67.4 Å². The number of carboxylic acid groups (broad SMARTS) is 1. The van der Waals surface area contributed by atoms with E-state index in [4.69, 9.17) is 4.74 Å². The number of aromatic amines is 2. The number of thioether (sulfide) groups is 1. The minimum absolute atomic E-state index is 0.00715. The molecular formula is C47H53N9O12S. The molecule has 0 bridgehead atoms. The Morgan fingerprint density at radius 2 is 1.62 bits per heavy atom. The number of hydrogen-bond donors (Lipinski definition) is 10. The zero-order valence-electron chi connectivity index (χ0n) is 37.7. The maximum absolute atomic E-state index is 14.5. The number of H-pyrrole nitrogens is 2. The number of aromatic hydroxyl groups is 1. The van der Waals surface area contributed by atoms with Crippen molar-refractivity contribution in [1.82, 2.24) is 46.0 Å². The summed E-state index contributed by atoms with van der Waals surface area (Å²) >= 11 is 1.36. The van der Waals surface area contributed by atoms with Crippen molar-refractivity contribution in [2.75, 3.05) is 19.1 Å². The van der Waals surface area contributed by atoms with E-state index in [1.807, 2.05) is 18.2 Å². The maximum atomic E-state index is 14.5. The van der Waals surface area contributed by atoms with E-state index in [1.165, 1.54) is 37.9 Å². The Balaban J connectivity index is 1.25. The number of nitrogens with one attached hydrogen (secondary N) is 7. The number of rotatable bonds is 20. The molecule has 0 saturated carbocycles. The number of carbonyl (C=O) groups is 6. The van der Waals surface area contributed by atoms with Gasteiger partial charge in [0.15, 0.2) is 0 Å². The number of ether oxygens (including phenoxy) is 1. The van der Waals surface area contributed by atoms with Crippen molar-refractivity contribution in [3.8, 4) is 5.75 Å². The highest BCUT2D eigenvalue weighted by Gasteiger charge is 2.38. The predicted octanol–water partition coefficient (Wildman–Crippen LogP) is 1.45. The van der Waals surface area contributed by atoms with Gasteiger partial charge in [0.2, 0.25) is 23.9 Å². The standard InChI is InChI=1S/C47H53N9O12S/c1-26(55(2)43(63)35(21-27-10-9-13-30(57)20-27)50-40(60)28-11-5-4-6-12-28)39(42(62)49-25-31-23-37(58)44(68-31)56-18-16-38(59)53-47(56)67)54-41(61)34(17-19-69-3)51-46(66)52-36(45(64)65)22-29-24-48-33-15-8-7-14-32(29)33/h4-16,18,20,24-26,34-37,39,44,48,57-58H,17,19,21-23H2,1-3H3,(H,49,62)(H,50,60)(H,54,61)(H,64,65)(H2,51,52,66)(H,53,59,67)/b31-25+/t26?,34?,35?,36?,37-,39?,44-/m0/s1. The lowest BCUT2D eigenvalue weighted by Gasteiger charge is -2.34. The quantitative estimate of drug-likeness (QED) is 0.0529. The molecule has 3 aromatic carbocycles. The second-order valence-corrected chi connectivity index (χ2v) is 17.3. The summed E-state index contributed by atoms with van der Waals surface area (Å²) < 4.78 is 6.72. The van der Waals surface area contributed by atoms with Crippen molar-refractivity contribution >= 4 is 58.3 Å². The molecule has 69 heavy (non-hydrogen) atoms. The first-order valence-corrected chi connectivity index (χ1v) is 23.1. The van der Waals surface area contributed by atoms with E-state index < -0.39 is 89.4 Å². The third-order valence-electron chi connectivity index (χ3n) is 11.5. The summed E-state index contributed by atoms with van der Waals surface area (Å²) in [7, 11) is 1.36. The number of nitrogens with zero attached hydrogens (tertiary/aromatic N) is 2. The molecule has 6 amide bonds. The van der Waals surface area contributed by atoms with Crippen LogP contribution in [0.3, 0.4) is 0 Å². The fraction of sp³-hybridized carbons (Fsp3) is 0.319. The van der Waals surface area contributed by atoms with Crippen LogP contribution in [0.1, 0.15) is 47.5 Å². The van der Waals surface area contributed by atoms with Gasteiger partial charge in [-0.3, -0.25) is 33.5 Å². The lowest BCUT2D eigenvalue weighted by Crippen LogP contribution is -2.62. The molecule has 1 aliphatic heterocycles. The Labute approximate surface area is 398 Å². The number of para-hydroxylation sites is 1. The molecule has 5 unspecified atom stereocenters. The topological polar surface area (TPSA) is 306 Å². The third kappa shape index (κ3) is 13.2. The Kier molecular flexibility index (Phi) is 17.0. The van der Waals surface area contributed by atoms with Gasteiger partial charge in [0.25, 0.3) is 11.5 Å². The molecule has 22 heteroatoms. The summed E-state index contributed by atoms with van der Waals surface area (Å²) in [5, 5.41) is 44.8. The molecule has 0 aliphatic carbocycles. The molecule has 1 aliphatic rings. The van der Waals surface area contributed by atoms with Crippen molar-refractivity contribution in [2.45, 2.75) is 75.1 Å². The van der Waals surface area contributed by atoms with E-state index in [9.17, 15) is 53.7 Å². The van der Waals surface area contributed by atoms with Crippen LogP contribution >= 0.6 is 11.8 Å². The molecule has 0 radical (unpaired) electrons. The number of phenolic OH excluding ortho intramolecular Hbond substituents is 1. The minimum Gasteiger partial charge on any atom is -0.508 e. The average Bonchev–Trinajstić information content (AvgIpc) is 3.92. The SMILES string of the molecule is CSCCC(NC(=O)NC(Cc1c[nH]c2ccccc12)C(=O)O)C(=O)NC(C(=O)N/C=C1\C[C@H](O)[C@@H](n2ccc(=O)[nH]c2=O)O1)C(C)N(C)C(=O)C(Cc1cccc(O)c1)NC(=O)c1ccccc1. The van der Waals surface area contributed by atoms with Gasteiger partial charge >= 0.3 is 17.7 Å². The predicted molar refractivity (Wildman–Crippen MR) is 254 cm³/mol. The molecule has 1 saturated heterocycles. The average molecular weight is 968 g/mol. The molecule has 21 nitrogen and oxygen atoms in total. The number of aliphatic carboxylic acids is 1. The van der Waals surface area contributed by atoms with Crippen LogP contribution in [0.25, 0.3) is 10.9 Å². The Bertz CT molecular complexity index is 2810. The Morgan fingerprint density at radius 3 is 2.33 bits per heavy atom. The van der Waals surface area contributed by atoms with E-state index in [0.717, 1.165) is 38.8 Å². The lowest BCUT2D eigenvalue weighted by atomic mass is 10.0. The van der Waals surface area contributed by atoms with E-state index in [1.54, 1.807) is 61.0 Å². The zero-order chi connectivity index (χ0) is 49.8. The van der Waals surface area contributed by atoms with Gasteiger partial charge in [-0.15, -0.1) is 0 Å². The third-order valence-corrected chi connectivity index (χ3v) is 12.1. The second kappa shape index (κ2) is 23.2. The van der Waals surface area contributed by atoms with Crippen molar-refractivity contribution in [3.63, 3.8) is 0 Å². The normalized spacial score (nSPS) is 17.1. The summed E-state index contributed by atoms with van der Waals surface area (Å²) in [5.41, 5.74) is 0.634. The van der Waals surface area contributed by atoms with Crippen molar-refractivity contribution in [1.29, 1.82) is 0 Å². The number of fused-ring (bicyclic) bond motifs is 1. The molecule has 7 atom stereocenters. The summed E-state index contributed by atoms with van der Waals surface area (Å²) in [6.07, 6.45) is 2.76. The first-order chi connectivity index (χ1) is 33.0. The number of likely N-dealkylation sites (N-methyl/N-ethyl adjacent to an activating group) is 1. The zero-order valence-corrected chi connectivity index (χ0v) is 38.5. The molecule has 6 rings (SSSR count). The van der Waals surface area contributed by atoms with Crippen LogP contribution in [0.5, 0.6) is 5.75 Å². The van der Waals surface area contributed by atoms with E-state index in [-0.39, 0.29) is 42.8 Å². The largest absolute Gasteiger partial charge is 0.508 e. The molecule has 10 N–H and O–H groups in total. The van der Waals surface area contributed by atoms with Crippen LogP contribution < -0.4 is 37.8 Å². The van der Waals surface area contributed by atoms with Crippen LogP contribution in [-0.4, -0.2) is 126 Å². The number of carboxylic acids is 1. The van der Waals surface area contributed by atoms with Gasteiger partial charge in [-0.2, -0.15) is 11.8 Å². The number of aromatic nitrogens is 3. The first kappa shape index (κ1) is 50.6. The van der Waals surface area contributed by atoms with Crippen LogP contribution in [0, 0.1) is 0 Å². The molecule has 2 aromatic heterocycles. The van der Waals surface area contributed by atoms with Crippen molar-refractivity contribution in [3.05, 3.63) is 147 Å². The molecular weight excluding hydrogens is 915 g/mol. The summed E-state index contributed by atoms with van der Waals surface area (Å²) in [6, 6.07) is 14.8. The van der Waals surface area contributed by atoms with Gasteiger partial charge in [-0.1, -0.05) is 48.5 Å². The monoisotopic (exact) mass is 967 g/mol. The second-order valence-electron chi connectivity index (χ2n) is 16.3. The van der Waals surface area contributed by atoms with Crippen LogP contribution in [0.15, 0.2) is 119 Å². The number of carbonyl (C=O) groups excluding carboxylic acids is 5.